The number of anilines is 1. The number of likely N-dealkylation sites (tertiary alicyclic amines) is 1. The summed E-state index contributed by atoms with van der Waals surface area (Å²) in [6.07, 6.45) is 4.61. The van der Waals surface area contributed by atoms with Crippen LogP contribution >= 0.6 is 0 Å². The number of nitrogens with one attached hydrogen (secondary N) is 1. The molecule has 8 heteroatoms. The van der Waals surface area contributed by atoms with Crippen LogP contribution in [0.5, 0.6) is 0 Å². The third-order valence-electron chi connectivity index (χ3n) is 7.18. The Hall–Kier alpha value is -3.00. The normalized spacial score (nSPS) is 22.2. The van der Waals surface area contributed by atoms with Gasteiger partial charge in [-0.25, -0.2) is 0 Å². The maximum atomic E-state index is 12.8. The zero-order chi connectivity index (χ0) is 23.5. The van der Waals surface area contributed by atoms with Gasteiger partial charge in [-0.2, -0.15) is 4.52 Å². The van der Waals surface area contributed by atoms with Gasteiger partial charge in [0, 0.05) is 45.2 Å². The second-order valence-corrected chi connectivity index (χ2v) is 10.3. The number of piperidine rings is 2. The highest BCUT2D eigenvalue weighted by molar-refractivity contribution is 5.79. The predicted molar refractivity (Wildman–Crippen MR) is 132 cm³/mol. The van der Waals surface area contributed by atoms with Crippen LogP contribution in [0.3, 0.4) is 0 Å². The summed E-state index contributed by atoms with van der Waals surface area (Å²) in [6.45, 7) is 10.3. The SMILES string of the molecule is CC1CC(C)CN(Cc2ccc(CNC(=O)C3CCN(c4ccc5nncn5n4)CC3)cc2)C1. The second-order valence-electron chi connectivity index (χ2n) is 10.3. The lowest BCUT2D eigenvalue weighted by Crippen LogP contribution is -2.40. The van der Waals surface area contributed by atoms with Gasteiger partial charge >= 0.3 is 0 Å². The number of rotatable bonds is 6. The first kappa shape index (κ1) is 22.8. The average molecular weight is 462 g/mol. The molecule has 2 unspecified atom stereocenters. The Morgan fingerprint density at radius 2 is 1.71 bits per heavy atom. The Bertz CT molecular complexity index is 1090. The van der Waals surface area contributed by atoms with Crippen LogP contribution in [0.15, 0.2) is 42.7 Å². The van der Waals surface area contributed by atoms with Crippen LogP contribution in [-0.4, -0.2) is 56.8 Å². The van der Waals surface area contributed by atoms with Crippen molar-refractivity contribution in [1.29, 1.82) is 0 Å². The third-order valence-corrected chi connectivity index (χ3v) is 7.18. The number of amides is 1. The van der Waals surface area contributed by atoms with Crippen molar-refractivity contribution in [1.82, 2.24) is 30.0 Å². The third kappa shape index (κ3) is 5.38. The molecule has 180 valence electrons. The highest BCUT2D eigenvalue weighted by atomic mass is 16.1. The molecule has 2 aliphatic heterocycles. The van der Waals surface area contributed by atoms with Crippen molar-refractivity contribution in [2.24, 2.45) is 17.8 Å². The van der Waals surface area contributed by atoms with Crippen LogP contribution in [0.1, 0.15) is 44.2 Å². The van der Waals surface area contributed by atoms with Gasteiger partial charge in [0.2, 0.25) is 5.91 Å². The van der Waals surface area contributed by atoms with Crippen LogP contribution in [0.4, 0.5) is 5.82 Å². The van der Waals surface area contributed by atoms with Gasteiger partial charge < -0.3 is 10.2 Å². The number of carbonyl (C=O) groups is 1. The highest BCUT2D eigenvalue weighted by Crippen LogP contribution is 2.24. The van der Waals surface area contributed by atoms with E-state index in [1.165, 1.54) is 25.1 Å². The van der Waals surface area contributed by atoms with Crippen molar-refractivity contribution in [3.63, 3.8) is 0 Å². The number of hydrogen-bond donors (Lipinski definition) is 1. The van der Waals surface area contributed by atoms with Crippen molar-refractivity contribution in [2.45, 2.75) is 46.2 Å². The molecular weight excluding hydrogens is 426 g/mol. The monoisotopic (exact) mass is 461 g/mol. The number of hydrogen-bond acceptors (Lipinski definition) is 6. The van der Waals surface area contributed by atoms with Gasteiger partial charge in [-0.1, -0.05) is 38.1 Å². The first-order valence-electron chi connectivity index (χ1n) is 12.5. The fourth-order valence-electron chi connectivity index (χ4n) is 5.53. The summed E-state index contributed by atoms with van der Waals surface area (Å²) in [4.78, 5) is 17.6. The molecule has 2 saturated heterocycles. The van der Waals surface area contributed by atoms with Gasteiger partial charge in [0.05, 0.1) is 0 Å². The lowest BCUT2D eigenvalue weighted by Gasteiger charge is -2.35. The van der Waals surface area contributed by atoms with Gasteiger partial charge in [0.15, 0.2) is 5.65 Å². The maximum absolute atomic E-state index is 12.8. The van der Waals surface area contributed by atoms with E-state index in [1.54, 1.807) is 10.8 Å². The summed E-state index contributed by atoms with van der Waals surface area (Å²) >= 11 is 0. The van der Waals surface area contributed by atoms with Crippen molar-refractivity contribution < 1.29 is 4.79 Å². The van der Waals surface area contributed by atoms with Crippen molar-refractivity contribution in [3.8, 4) is 0 Å². The molecule has 2 atom stereocenters. The zero-order valence-electron chi connectivity index (χ0n) is 20.2. The van der Waals surface area contributed by atoms with Crippen LogP contribution in [0.25, 0.3) is 5.65 Å². The average Bonchev–Trinajstić information content (AvgIpc) is 3.31. The van der Waals surface area contributed by atoms with E-state index in [-0.39, 0.29) is 11.8 Å². The minimum Gasteiger partial charge on any atom is -0.355 e. The largest absolute Gasteiger partial charge is 0.355 e. The van der Waals surface area contributed by atoms with E-state index in [1.807, 2.05) is 12.1 Å². The van der Waals surface area contributed by atoms with E-state index in [0.717, 1.165) is 61.3 Å². The number of benzene rings is 1. The minimum atomic E-state index is 0.0530. The summed E-state index contributed by atoms with van der Waals surface area (Å²) in [6, 6.07) is 12.6. The number of aromatic nitrogens is 4. The van der Waals surface area contributed by atoms with Gasteiger partial charge in [-0.3, -0.25) is 9.69 Å². The van der Waals surface area contributed by atoms with E-state index in [9.17, 15) is 4.79 Å². The Labute approximate surface area is 201 Å². The predicted octanol–water partition coefficient (Wildman–Crippen LogP) is 3.14. The second kappa shape index (κ2) is 10.1. The molecule has 0 radical (unpaired) electrons. The van der Waals surface area contributed by atoms with Gasteiger partial charge in [-0.05, 0) is 54.4 Å². The zero-order valence-corrected chi connectivity index (χ0v) is 20.2. The van der Waals surface area contributed by atoms with Gasteiger partial charge in [0.1, 0.15) is 12.1 Å². The summed E-state index contributed by atoms with van der Waals surface area (Å²) in [7, 11) is 0. The number of nitrogens with zero attached hydrogens (tertiary/aromatic N) is 6. The lowest BCUT2D eigenvalue weighted by molar-refractivity contribution is -0.125. The number of carbonyl (C=O) groups excluding carboxylic acids is 1. The molecule has 1 amide bonds. The molecule has 2 fully saturated rings. The van der Waals surface area contributed by atoms with Crippen LogP contribution in [0.2, 0.25) is 0 Å². The topological polar surface area (TPSA) is 78.7 Å². The lowest BCUT2D eigenvalue weighted by atomic mass is 9.91. The standard InChI is InChI=1S/C26H35N7O/c1-19-13-20(2)16-31(15-19)17-22-5-3-21(4-6-22)14-27-26(34)23-9-11-32(12-10-23)25-8-7-24-29-28-18-33(24)30-25/h3-8,18-20,23H,9-17H2,1-2H3,(H,27,34). The molecule has 2 aromatic heterocycles. The Balaban J connectivity index is 1.07. The summed E-state index contributed by atoms with van der Waals surface area (Å²) < 4.78 is 1.69. The molecule has 3 aromatic rings. The molecule has 4 heterocycles. The summed E-state index contributed by atoms with van der Waals surface area (Å²) in [5, 5.41) is 15.6. The van der Waals surface area contributed by atoms with Gasteiger partial charge in [0.25, 0.3) is 0 Å². The molecule has 0 bridgehead atoms. The van der Waals surface area contributed by atoms with E-state index in [2.05, 4.69) is 68.5 Å². The fourth-order valence-corrected chi connectivity index (χ4v) is 5.53. The quantitative estimate of drug-likeness (QED) is 0.608. The Morgan fingerprint density at radius 3 is 2.44 bits per heavy atom. The van der Waals surface area contributed by atoms with E-state index < -0.39 is 0 Å². The molecular formula is C26H35N7O. The molecule has 8 nitrogen and oxygen atoms in total. The van der Waals surface area contributed by atoms with Crippen LogP contribution < -0.4 is 10.2 Å². The molecule has 5 rings (SSSR count). The van der Waals surface area contributed by atoms with E-state index in [4.69, 9.17) is 0 Å². The highest BCUT2D eigenvalue weighted by Gasteiger charge is 2.26. The maximum Gasteiger partial charge on any atom is 0.223 e. The molecule has 1 aromatic carbocycles. The van der Waals surface area contributed by atoms with Crippen molar-refractivity contribution in [3.05, 3.63) is 53.9 Å². The Morgan fingerprint density at radius 1 is 1.00 bits per heavy atom. The first-order chi connectivity index (χ1) is 16.5. The molecule has 34 heavy (non-hydrogen) atoms. The molecule has 0 spiro atoms. The van der Waals surface area contributed by atoms with E-state index >= 15 is 0 Å². The molecule has 0 aliphatic carbocycles. The summed E-state index contributed by atoms with van der Waals surface area (Å²) in [5.74, 6) is 2.66. The van der Waals surface area contributed by atoms with Crippen LogP contribution in [0, 0.1) is 17.8 Å². The molecule has 2 aliphatic rings. The molecule has 1 N–H and O–H groups in total. The van der Waals surface area contributed by atoms with Crippen LogP contribution in [-0.2, 0) is 17.9 Å². The number of fused-ring (bicyclic) bond motifs is 1. The minimum absolute atomic E-state index is 0.0530. The van der Waals surface area contributed by atoms with E-state index in [0.29, 0.717) is 6.54 Å². The van der Waals surface area contributed by atoms with Crippen molar-refractivity contribution >= 4 is 17.4 Å². The Kier molecular flexibility index (Phi) is 6.76. The first-order valence-corrected chi connectivity index (χ1v) is 12.5. The van der Waals surface area contributed by atoms with Gasteiger partial charge in [-0.15, -0.1) is 15.3 Å². The fraction of sp³-hybridized carbons (Fsp3) is 0.538. The van der Waals surface area contributed by atoms with Crippen molar-refractivity contribution in [2.75, 3.05) is 31.1 Å². The smallest absolute Gasteiger partial charge is 0.223 e. The molecule has 0 saturated carbocycles. The summed E-state index contributed by atoms with van der Waals surface area (Å²) in [5.41, 5.74) is 3.24.